The Hall–Kier alpha value is -1.35. The molecular weight excluding hydrogens is 200 g/mol. The van der Waals surface area contributed by atoms with E-state index in [0.717, 1.165) is 5.69 Å². The van der Waals surface area contributed by atoms with E-state index in [2.05, 4.69) is 4.98 Å². The zero-order valence-electron chi connectivity index (χ0n) is 7.70. The first-order valence-corrected chi connectivity index (χ1v) is 4.66. The van der Waals surface area contributed by atoms with Crippen LogP contribution in [0.1, 0.15) is 12.6 Å². The fraction of sp³-hybridized carbons (Fsp3) is 0.200. The van der Waals surface area contributed by atoms with E-state index >= 15 is 0 Å². The zero-order chi connectivity index (χ0) is 10.1. The number of aromatic nitrogens is 2. The molecule has 2 aromatic rings. The summed E-state index contributed by atoms with van der Waals surface area (Å²) < 4.78 is 1.84. The van der Waals surface area contributed by atoms with Gasteiger partial charge < -0.3 is 4.40 Å². The lowest BCUT2D eigenvalue weighted by molar-refractivity contribution is -0.116. The summed E-state index contributed by atoms with van der Waals surface area (Å²) in [5.74, 6) is 0.117. The van der Waals surface area contributed by atoms with Gasteiger partial charge in [0.1, 0.15) is 5.78 Å². The lowest BCUT2D eigenvalue weighted by Crippen LogP contribution is -1.99. The predicted octanol–water partition coefficient (Wildman–Crippen LogP) is 2.12. The number of carbonyl (C=O) groups excluding carboxylic acids is 1. The molecule has 4 heteroatoms. The Morgan fingerprint density at radius 1 is 1.64 bits per heavy atom. The Morgan fingerprint density at radius 2 is 2.43 bits per heavy atom. The van der Waals surface area contributed by atoms with Crippen LogP contribution in [0.2, 0.25) is 5.02 Å². The van der Waals surface area contributed by atoms with Crippen LogP contribution in [-0.4, -0.2) is 15.2 Å². The number of carbonyl (C=O) groups is 1. The highest BCUT2D eigenvalue weighted by molar-refractivity contribution is 6.33. The number of Topliss-reactive ketones (excluding diaryl/α,β-unsaturated/α-hetero) is 1. The van der Waals surface area contributed by atoms with Gasteiger partial charge in [0.25, 0.3) is 0 Å². The lowest BCUT2D eigenvalue weighted by Gasteiger charge is -1.99. The summed E-state index contributed by atoms with van der Waals surface area (Å²) in [6, 6.07) is 3.61. The van der Waals surface area contributed by atoms with E-state index in [1.54, 1.807) is 19.2 Å². The summed E-state index contributed by atoms with van der Waals surface area (Å²) in [6.07, 6.45) is 3.93. The topological polar surface area (TPSA) is 34.4 Å². The van der Waals surface area contributed by atoms with E-state index in [-0.39, 0.29) is 5.78 Å². The Labute approximate surface area is 86.3 Å². The number of hydrogen-bond acceptors (Lipinski definition) is 2. The van der Waals surface area contributed by atoms with Crippen molar-refractivity contribution in [3.63, 3.8) is 0 Å². The van der Waals surface area contributed by atoms with Crippen molar-refractivity contribution in [2.75, 3.05) is 0 Å². The summed E-state index contributed by atoms with van der Waals surface area (Å²) in [5, 5.41) is 0.599. The quantitative estimate of drug-likeness (QED) is 0.758. The van der Waals surface area contributed by atoms with Gasteiger partial charge in [0.05, 0.1) is 5.02 Å². The smallest absolute Gasteiger partial charge is 0.155 e. The number of halogens is 1. The molecule has 0 spiro atoms. The van der Waals surface area contributed by atoms with Crippen molar-refractivity contribution in [1.29, 1.82) is 0 Å². The van der Waals surface area contributed by atoms with Gasteiger partial charge in [-0.25, -0.2) is 4.98 Å². The zero-order valence-corrected chi connectivity index (χ0v) is 8.45. The van der Waals surface area contributed by atoms with Crippen molar-refractivity contribution in [3.8, 4) is 0 Å². The molecule has 0 aliphatic rings. The molecule has 72 valence electrons. The molecule has 0 N–H and O–H groups in total. The Balaban J connectivity index is 2.58. The molecule has 0 fully saturated rings. The van der Waals surface area contributed by atoms with Gasteiger partial charge >= 0.3 is 0 Å². The molecule has 2 aromatic heterocycles. The van der Waals surface area contributed by atoms with Crippen LogP contribution in [0.15, 0.2) is 24.5 Å². The Bertz CT molecular complexity index is 490. The second-order valence-electron chi connectivity index (χ2n) is 3.18. The highest BCUT2D eigenvalue weighted by Crippen LogP contribution is 2.16. The van der Waals surface area contributed by atoms with Crippen LogP contribution in [0.4, 0.5) is 0 Å². The molecule has 0 radical (unpaired) electrons. The van der Waals surface area contributed by atoms with Crippen molar-refractivity contribution < 1.29 is 4.79 Å². The molecule has 0 atom stereocenters. The van der Waals surface area contributed by atoms with Gasteiger partial charge in [0.2, 0.25) is 0 Å². The van der Waals surface area contributed by atoms with Crippen molar-refractivity contribution in [2.24, 2.45) is 0 Å². The number of fused-ring (bicyclic) bond motifs is 1. The van der Waals surface area contributed by atoms with Crippen LogP contribution in [0.25, 0.3) is 5.65 Å². The van der Waals surface area contributed by atoms with Gasteiger partial charge in [0.15, 0.2) is 5.65 Å². The van der Waals surface area contributed by atoms with E-state index in [0.29, 0.717) is 17.1 Å². The van der Waals surface area contributed by atoms with Gasteiger partial charge in [0, 0.05) is 24.5 Å². The average Bonchev–Trinajstić information content (AvgIpc) is 2.49. The fourth-order valence-electron chi connectivity index (χ4n) is 1.41. The van der Waals surface area contributed by atoms with Gasteiger partial charge in [-0.3, -0.25) is 4.79 Å². The molecule has 0 aliphatic heterocycles. The van der Waals surface area contributed by atoms with Gasteiger partial charge in [-0.05, 0) is 19.1 Å². The standard InChI is InChI=1S/C10H9ClN2O/c1-7(14)5-8-6-12-10-9(11)3-2-4-13(8)10/h2-4,6H,5H2,1H3. The van der Waals surface area contributed by atoms with Crippen molar-refractivity contribution >= 4 is 23.0 Å². The van der Waals surface area contributed by atoms with Gasteiger partial charge in [-0.1, -0.05) is 11.6 Å². The molecule has 0 saturated heterocycles. The molecule has 2 heterocycles. The third-order valence-electron chi connectivity index (χ3n) is 1.99. The van der Waals surface area contributed by atoms with Crippen molar-refractivity contribution in [3.05, 3.63) is 35.2 Å². The number of rotatable bonds is 2. The maximum absolute atomic E-state index is 11.0. The normalized spacial score (nSPS) is 10.7. The Morgan fingerprint density at radius 3 is 3.14 bits per heavy atom. The van der Waals surface area contributed by atoms with E-state index in [4.69, 9.17) is 11.6 Å². The van der Waals surface area contributed by atoms with Gasteiger partial charge in [-0.15, -0.1) is 0 Å². The van der Waals surface area contributed by atoms with E-state index in [1.807, 2.05) is 16.7 Å². The number of hydrogen-bond donors (Lipinski definition) is 0. The number of nitrogens with zero attached hydrogens (tertiary/aromatic N) is 2. The van der Waals surface area contributed by atoms with Crippen LogP contribution in [-0.2, 0) is 11.2 Å². The van der Waals surface area contributed by atoms with Crippen LogP contribution in [0.5, 0.6) is 0 Å². The first-order valence-electron chi connectivity index (χ1n) is 4.28. The fourth-order valence-corrected chi connectivity index (χ4v) is 1.63. The van der Waals surface area contributed by atoms with Crippen LogP contribution in [0, 0.1) is 0 Å². The molecule has 0 aromatic carbocycles. The summed E-state index contributed by atoms with van der Waals surface area (Å²) in [6.45, 7) is 1.56. The van der Waals surface area contributed by atoms with E-state index in [9.17, 15) is 4.79 Å². The van der Waals surface area contributed by atoms with E-state index in [1.165, 1.54) is 0 Å². The highest BCUT2D eigenvalue weighted by atomic mass is 35.5. The molecule has 0 saturated carbocycles. The monoisotopic (exact) mass is 208 g/mol. The van der Waals surface area contributed by atoms with Gasteiger partial charge in [-0.2, -0.15) is 0 Å². The molecule has 0 aliphatic carbocycles. The maximum Gasteiger partial charge on any atom is 0.155 e. The molecule has 2 rings (SSSR count). The number of ketones is 1. The highest BCUT2D eigenvalue weighted by Gasteiger charge is 2.06. The predicted molar refractivity (Wildman–Crippen MR) is 54.6 cm³/mol. The largest absolute Gasteiger partial charge is 0.302 e. The van der Waals surface area contributed by atoms with Crippen LogP contribution < -0.4 is 0 Å². The summed E-state index contributed by atoms with van der Waals surface area (Å²) in [4.78, 5) is 15.1. The second-order valence-corrected chi connectivity index (χ2v) is 3.59. The molecular formula is C10H9ClN2O. The first-order chi connectivity index (χ1) is 6.68. The Kier molecular flexibility index (Phi) is 2.25. The molecule has 3 nitrogen and oxygen atoms in total. The number of imidazole rings is 1. The first kappa shape index (κ1) is 9.21. The van der Waals surface area contributed by atoms with E-state index < -0.39 is 0 Å². The second kappa shape index (κ2) is 3.42. The summed E-state index contributed by atoms with van der Waals surface area (Å²) in [5.41, 5.74) is 1.57. The average molecular weight is 209 g/mol. The minimum Gasteiger partial charge on any atom is -0.302 e. The SMILES string of the molecule is CC(=O)Cc1cnc2c(Cl)cccn12. The lowest BCUT2D eigenvalue weighted by atomic mass is 10.2. The minimum absolute atomic E-state index is 0.117. The molecule has 0 unspecified atom stereocenters. The summed E-state index contributed by atoms with van der Waals surface area (Å²) in [7, 11) is 0. The third-order valence-corrected chi connectivity index (χ3v) is 2.29. The van der Waals surface area contributed by atoms with Crippen LogP contribution >= 0.6 is 11.6 Å². The minimum atomic E-state index is 0.117. The molecule has 0 amide bonds. The third kappa shape index (κ3) is 1.51. The van der Waals surface area contributed by atoms with Crippen LogP contribution in [0.3, 0.4) is 0 Å². The molecule has 14 heavy (non-hydrogen) atoms. The van der Waals surface area contributed by atoms with Crippen molar-refractivity contribution in [1.82, 2.24) is 9.38 Å². The van der Waals surface area contributed by atoms with Crippen molar-refractivity contribution in [2.45, 2.75) is 13.3 Å². The maximum atomic E-state index is 11.0. The summed E-state index contributed by atoms with van der Waals surface area (Å²) >= 11 is 5.94. The molecule has 0 bridgehead atoms. The number of pyridine rings is 1.